The molecule has 0 unspecified atom stereocenters. The van der Waals surface area contributed by atoms with Crippen molar-refractivity contribution in [1.29, 1.82) is 0 Å². The zero-order chi connectivity index (χ0) is 12.7. The van der Waals surface area contributed by atoms with E-state index in [2.05, 4.69) is 20.7 Å². The summed E-state index contributed by atoms with van der Waals surface area (Å²) in [5.74, 6) is 0.875. The van der Waals surface area contributed by atoms with Crippen molar-refractivity contribution in [2.75, 3.05) is 0 Å². The number of benzene rings is 1. The fourth-order valence-electron chi connectivity index (χ4n) is 2.13. The molecular weight excluding hydrogens is 226 g/mol. The highest BCUT2D eigenvalue weighted by atomic mass is 15.3. The van der Waals surface area contributed by atoms with Crippen molar-refractivity contribution in [2.45, 2.75) is 6.54 Å². The molecule has 0 aliphatic heterocycles. The fraction of sp³-hybridized carbons (Fsp3) is 0.231. The summed E-state index contributed by atoms with van der Waals surface area (Å²) in [6.07, 6.45) is 1.92. The van der Waals surface area contributed by atoms with Crippen LogP contribution in [0.3, 0.4) is 0 Å². The lowest BCUT2D eigenvalue weighted by molar-refractivity contribution is 0.766. The maximum absolute atomic E-state index is 5.67. The first kappa shape index (κ1) is 11.0. The van der Waals surface area contributed by atoms with E-state index in [0.29, 0.717) is 6.54 Å². The minimum Gasteiger partial charge on any atom is -0.326 e. The van der Waals surface area contributed by atoms with Crippen molar-refractivity contribution in [3.63, 3.8) is 0 Å². The predicted molar refractivity (Wildman–Crippen MR) is 70.8 cm³/mol. The van der Waals surface area contributed by atoms with Gasteiger partial charge in [0.2, 0.25) is 0 Å². The Morgan fingerprint density at radius 3 is 2.72 bits per heavy atom. The number of fused-ring (bicyclic) bond motifs is 1. The molecule has 5 heteroatoms. The molecular formula is C13H15N5. The van der Waals surface area contributed by atoms with Gasteiger partial charge < -0.3 is 10.3 Å². The van der Waals surface area contributed by atoms with Crippen LogP contribution in [0.1, 0.15) is 5.56 Å². The zero-order valence-corrected chi connectivity index (χ0v) is 10.5. The standard InChI is InChI=1S/C13H15N5/c1-17-6-5-11(16-17)13-15-10-4-3-9(8-14)7-12(10)18(13)2/h3-7H,8,14H2,1-2H3. The van der Waals surface area contributed by atoms with Gasteiger partial charge in [0.25, 0.3) is 0 Å². The monoisotopic (exact) mass is 241 g/mol. The molecule has 5 nitrogen and oxygen atoms in total. The maximum atomic E-state index is 5.67. The van der Waals surface area contributed by atoms with Gasteiger partial charge in [-0.1, -0.05) is 6.07 Å². The van der Waals surface area contributed by atoms with Crippen molar-refractivity contribution >= 4 is 11.0 Å². The highest BCUT2D eigenvalue weighted by Crippen LogP contribution is 2.22. The van der Waals surface area contributed by atoms with Crippen LogP contribution in [-0.2, 0) is 20.6 Å². The van der Waals surface area contributed by atoms with E-state index in [1.54, 1.807) is 4.68 Å². The van der Waals surface area contributed by atoms with E-state index in [1.807, 2.05) is 38.5 Å². The summed E-state index contributed by atoms with van der Waals surface area (Å²) in [4.78, 5) is 4.62. The first-order chi connectivity index (χ1) is 8.69. The lowest BCUT2D eigenvalue weighted by Crippen LogP contribution is -1.97. The molecule has 3 aromatic rings. The first-order valence-corrected chi connectivity index (χ1v) is 5.84. The van der Waals surface area contributed by atoms with Gasteiger partial charge in [-0.05, 0) is 23.8 Å². The zero-order valence-electron chi connectivity index (χ0n) is 10.5. The molecule has 0 atom stereocenters. The van der Waals surface area contributed by atoms with Crippen LogP contribution in [0.25, 0.3) is 22.6 Å². The molecule has 92 valence electrons. The number of nitrogens with two attached hydrogens (primary N) is 1. The molecule has 3 rings (SSSR count). The number of hydrogen-bond acceptors (Lipinski definition) is 3. The highest BCUT2D eigenvalue weighted by Gasteiger charge is 2.12. The maximum Gasteiger partial charge on any atom is 0.161 e. The normalized spacial score (nSPS) is 11.3. The second-order valence-corrected chi connectivity index (χ2v) is 4.40. The van der Waals surface area contributed by atoms with Gasteiger partial charge >= 0.3 is 0 Å². The van der Waals surface area contributed by atoms with E-state index in [9.17, 15) is 0 Å². The van der Waals surface area contributed by atoms with E-state index in [-0.39, 0.29) is 0 Å². The summed E-state index contributed by atoms with van der Waals surface area (Å²) in [7, 11) is 3.90. The fourth-order valence-corrected chi connectivity index (χ4v) is 2.13. The molecule has 0 aliphatic carbocycles. The molecule has 0 amide bonds. The first-order valence-electron chi connectivity index (χ1n) is 5.84. The third-order valence-electron chi connectivity index (χ3n) is 3.12. The molecule has 2 N–H and O–H groups in total. The van der Waals surface area contributed by atoms with Crippen molar-refractivity contribution in [2.24, 2.45) is 19.8 Å². The smallest absolute Gasteiger partial charge is 0.161 e. The summed E-state index contributed by atoms with van der Waals surface area (Å²) < 4.78 is 3.83. The molecule has 0 fully saturated rings. The number of aryl methyl sites for hydroxylation is 2. The van der Waals surface area contributed by atoms with Gasteiger partial charge in [-0.3, -0.25) is 4.68 Å². The minimum atomic E-state index is 0.542. The molecule has 2 aromatic heterocycles. The largest absolute Gasteiger partial charge is 0.326 e. The van der Waals surface area contributed by atoms with E-state index in [0.717, 1.165) is 28.1 Å². The highest BCUT2D eigenvalue weighted by molar-refractivity contribution is 5.80. The van der Waals surface area contributed by atoms with Crippen LogP contribution in [0.2, 0.25) is 0 Å². The van der Waals surface area contributed by atoms with Crippen LogP contribution in [0.15, 0.2) is 30.5 Å². The second-order valence-electron chi connectivity index (χ2n) is 4.40. The number of aromatic nitrogens is 4. The Kier molecular flexibility index (Phi) is 2.41. The van der Waals surface area contributed by atoms with Crippen molar-refractivity contribution in [3.8, 4) is 11.5 Å². The van der Waals surface area contributed by atoms with Crippen molar-refractivity contribution in [3.05, 3.63) is 36.0 Å². The quantitative estimate of drug-likeness (QED) is 0.738. The van der Waals surface area contributed by atoms with Gasteiger partial charge in [-0.15, -0.1) is 0 Å². The second kappa shape index (κ2) is 3.96. The Morgan fingerprint density at radius 2 is 2.06 bits per heavy atom. The predicted octanol–water partition coefficient (Wildman–Crippen LogP) is 1.43. The Morgan fingerprint density at radius 1 is 1.22 bits per heavy atom. The van der Waals surface area contributed by atoms with E-state index in [4.69, 9.17) is 5.73 Å². The molecule has 1 aromatic carbocycles. The SMILES string of the molecule is Cn1ccc(-c2nc3ccc(CN)cc3n2C)n1. The van der Waals surface area contributed by atoms with Gasteiger partial charge in [0.15, 0.2) is 5.82 Å². The van der Waals surface area contributed by atoms with Gasteiger partial charge in [0.05, 0.1) is 11.0 Å². The average molecular weight is 241 g/mol. The minimum absolute atomic E-state index is 0.542. The molecule has 0 saturated carbocycles. The van der Waals surface area contributed by atoms with Gasteiger partial charge in [0, 0.05) is 26.8 Å². The van der Waals surface area contributed by atoms with Gasteiger partial charge in [-0.2, -0.15) is 5.10 Å². The van der Waals surface area contributed by atoms with Crippen LogP contribution < -0.4 is 5.73 Å². The summed E-state index contributed by atoms with van der Waals surface area (Å²) in [5.41, 5.74) is 9.71. The van der Waals surface area contributed by atoms with Crippen LogP contribution >= 0.6 is 0 Å². The number of hydrogen-bond donors (Lipinski definition) is 1. The number of rotatable bonds is 2. The molecule has 0 radical (unpaired) electrons. The Hall–Kier alpha value is -2.14. The lowest BCUT2D eigenvalue weighted by atomic mass is 10.2. The Labute approximate surface area is 105 Å². The van der Waals surface area contributed by atoms with Gasteiger partial charge in [-0.25, -0.2) is 4.98 Å². The summed E-state index contributed by atoms with van der Waals surface area (Å²) in [6, 6.07) is 8.06. The Bertz CT molecular complexity index is 707. The topological polar surface area (TPSA) is 61.7 Å². The van der Waals surface area contributed by atoms with E-state index >= 15 is 0 Å². The average Bonchev–Trinajstić information content (AvgIpc) is 2.94. The van der Waals surface area contributed by atoms with Crippen molar-refractivity contribution < 1.29 is 0 Å². The van der Waals surface area contributed by atoms with Gasteiger partial charge in [0.1, 0.15) is 5.69 Å². The summed E-state index contributed by atoms with van der Waals surface area (Å²) in [6.45, 7) is 0.542. The molecule has 0 spiro atoms. The van der Waals surface area contributed by atoms with E-state index in [1.165, 1.54) is 0 Å². The van der Waals surface area contributed by atoms with E-state index < -0.39 is 0 Å². The number of nitrogens with zero attached hydrogens (tertiary/aromatic N) is 4. The summed E-state index contributed by atoms with van der Waals surface area (Å²) >= 11 is 0. The molecule has 2 heterocycles. The van der Waals surface area contributed by atoms with Crippen LogP contribution in [0.4, 0.5) is 0 Å². The molecule has 0 bridgehead atoms. The third kappa shape index (κ3) is 1.60. The lowest BCUT2D eigenvalue weighted by Gasteiger charge is -2.00. The molecule has 0 saturated heterocycles. The van der Waals surface area contributed by atoms with Crippen LogP contribution in [-0.4, -0.2) is 19.3 Å². The van der Waals surface area contributed by atoms with Crippen molar-refractivity contribution in [1.82, 2.24) is 19.3 Å². The third-order valence-corrected chi connectivity index (χ3v) is 3.12. The molecule has 18 heavy (non-hydrogen) atoms. The Balaban J connectivity index is 2.22. The van der Waals surface area contributed by atoms with Crippen LogP contribution in [0.5, 0.6) is 0 Å². The van der Waals surface area contributed by atoms with Crippen LogP contribution in [0, 0.1) is 0 Å². The molecule has 0 aliphatic rings. The number of imidazole rings is 1. The summed E-state index contributed by atoms with van der Waals surface area (Å²) in [5, 5.41) is 4.39.